The smallest absolute Gasteiger partial charge is 0.246 e. The predicted octanol–water partition coefficient (Wildman–Crippen LogP) is 3.24. The number of likely N-dealkylation sites (tertiary alicyclic amines) is 1. The van der Waals surface area contributed by atoms with Crippen molar-refractivity contribution in [3.63, 3.8) is 0 Å². The number of furan rings is 1. The lowest BCUT2D eigenvalue weighted by Crippen LogP contribution is -2.40. The quantitative estimate of drug-likeness (QED) is 0.789. The summed E-state index contributed by atoms with van der Waals surface area (Å²) in [6.45, 7) is 3.83. The number of benzene rings is 1. The molecule has 1 fully saturated rings. The molecule has 0 spiro atoms. The van der Waals surface area contributed by atoms with Gasteiger partial charge in [0.05, 0.1) is 0 Å². The van der Waals surface area contributed by atoms with E-state index in [2.05, 4.69) is 6.92 Å². The first-order valence-corrected chi connectivity index (χ1v) is 6.77. The van der Waals surface area contributed by atoms with Crippen molar-refractivity contribution in [3.05, 3.63) is 41.7 Å². The van der Waals surface area contributed by atoms with E-state index in [9.17, 15) is 4.79 Å². The molecule has 1 amide bonds. The number of para-hydroxylation sites is 1. The molecule has 1 aliphatic rings. The Balaban J connectivity index is 1.94. The Morgan fingerprint density at radius 2 is 2.16 bits per heavy atom. The number of aryl methyl sites for hydroxylation is 1. The van der Waals surface area contributed by atoms with Crippen LogP contribution >= 0.6 is 0 Å². The first kappa shape index (κ1) is 12.0. The van der Waals surface area contributed by atoms with Gasteiger partial charge in [-0.1, -0.05) is 25.1 Å². The van der Waals surface area contributed by atoms with Gasteiger partial charge in [0, 0.05) is 36.5 Å². The summed E-state index contributed by atoms with van der Waals surface area (Å²) in [5, 5.41) is 1.08. The average molecular weight is 255 g/mol. The standard InChI is InChI=1S/C16H17NO2/c1-2-14-13(8-9-16(18)17-10-5-11-17)12-6-3-4-7-15(12)19-14/h3-4,6-9H,2,5,10-11H2,1H3/b9-8+. The first-order valence-electron chi connectivity index (χ1n) is 6.77. The summed E-state index contributed by atoms with van der Waals surface area (Å²) in [7, 11) is 0. The Morgan fingerprint density at radius 3 is 2.84 bits per heavy atom. The molecule has 0 radical (unpaired) electrons. The predicted molar refractivity (Wildman–Crippen MR) is 75.8 cm³/mol. The van der Waals surface area contributed by atoms with Gasteiger partial charge in [0.1, 0.15) is 11.3 Å². The number of hydrogen-bond acceptors (Lipinski definition) is 2. The minimum Gasteiger partial charge on any atom is -0.460 e. The van der Waals surface area contributed by atoms with E-state index in [4.69, 9.17) is 4.42 Å². The second-order valence-electron chi connectivity index (χ2n) is 4.80. The lowest BCUT2D eigenvalue weighted by Gasteiger charge is -2.29. The highest BCUT2D eigenvalue weighted by atomic mass is 16.3. The van der Waals surface area contributed by atoms with Gasteiger partial charge in [-0.25, -0.2) is 0 Å². The molecule has 3 nitrogen and oxygen atoms in total. The van der Waals surface area contributed by atoms with Gasteiger partial charge in [0.15, 0.2) is 0 Å². The minimum atomic E-state index is 0.0959. The summed E-state index contributed by atoms with van der Waals surface area (Å²) in [6, 6.07) is 7.95. The molecular formula is C16H17NO2. The van der Waals surface area contributed by atoms with Crippen LogP contribution in [-0.2, 0) is 11.2 Å². The van der Waals surface area contributed by atoms with Crippen molar-refractivity contribution in [2.75, 3.05) is 13.1 Å². The van der Waals surface area contributed by atoms with Crippen LogP contribution in [0.25, 0.3) is 17.0 Å². The normalized spacial score (nSPS) is 15.1. The van der Waals surface area contributed by atoms with E-state index in [1.165, 1.54) is 0 Å². The molecule has 1 aromatic heterocycles. The van der Waals surface area contributed by atoms with Gasteiger partial charge >= 0.3 is 0 Å². The third kappa shape index (κ3) is 2.16. The van der Waals surface area contributed by atoms with Gasteiger partial charge in [-0.15, -0.1) is 0 Å². The van der Waals surface area contributed by atoms with E-state index in [1.54, 1.807) is 6.08 Å². The van der Waals surface area contributed by atoms with Crippen molar-refractivity contribution in [2.45, 2.75) is 19.8 Å². The maximum atomic E-state index is 11.9. The molecule has 0 N–H and O–H groups in total. The van der Waals surface area contributed by atoms with E-state index >= 15 is 0 Å². The molecule has 3 heteroatoms. The number of amides is 1. The molecule has 1 saturated heterocycles. The largest absolute Gasteiger partial charge is 0.460 e. The Bertz CT molecular complexity index is 635. The first-order chi connectivity index (χ1) is 9.29. The van der Waals surface area contributed by atoms with Crippen molar-refractivity contribution in [1.82, 2.24) is 4.90 Å². The Morgan fingerprint density at radius 1 is 1.37 bits per heavy atom. The van der Waals surface area contributed by atoms with Crippen molar-refractivity contribution in [2.24, 2.45) is 0 Å². The number of carbonyl (C=O) groups excluding carboxylic acids is 1. The highest BCUT2D eigenvalue weighted by Crippen LogP contribution is 2.27. The minimum absolute atomic E-state index is 0.0959. The number of carbonyl (C=O) groups is 1. The Hall–Kier alpha value is -2.03. The summed E-state index contributed by atoms with van der Waals surface area (Å²) in [5.41, 5.74) is 1.92. The molecule has 3 rings (SSSR count). The number of fused-ring (bicyclic) bond motifs is 1. The van der Waals surface area contributed by atoms with E-state index in [-0.39, 0.29) is 5.91 Å². The fraction of sp³-hybridized carbons (Fsp3) is 0.312. The van der Waals surface area contributed by atoms with E-state index in [0.717, 1.165) is 48.2 Å². The fourth-order valence-electron chi connectivity index (χ4n) is 2.36. The van der Waals surface area contributed by atoms with Crippen LogP contribution in [0.2, 0.25) is 0 Å². The monoisotopic (exact) mass is 255 g/mol. The van der Waals surface area contributed by atoms with Crippen molar-refractivity contribution < 1.29 is 9.21 Å². The molecule has 1 aromatic carbocycles. The second kappa shape index (κ2) is 4.92. The topological polar surface area (TPSA) is 33.5 Å². The highest BCUT2D eigenvalue weighted by Gasteiger charge is 2.18. The molecule has 98 valence electrons. The zero-order valence-corrected chi connectivity index (χ0v) is 11.1. The van der Waals surface area contributed by atoms with Crippen LogP contribution in [0.1, 0.15) is 24.7 Å². The molecule has 2 heterocycles. The van der Waals surface area contributed by atoms with Crippen LogP contribution in [0.3, 0.4) is 0 Å². The van der Waals surface area contributed by atoms with Crippen molar-refractivity contribution in [3.8, 4) is 0 Å². The lowest BCUT2D eigenvalue weighted by molar-refractivity contribution is -0.129. The van der Waals surface area contributed by atoms with Crippen LogP contribution in [0, 0.1) is 0 Å². The molecule has 0 bridgehead atoms. The van der Waals surface area contributed by atoms with Gasteiger partial charge in [-0.05, 0) is 18.6 Å². The number of hydrogen-bond donors (Lipinski definition) is 0. The van der Waals surface area contributed by atoms with Crippen LogP contribution in [-0.4, -0.2) is 23.9 Å². The molecule has 0 unspecified atom stereocenters. The van der Waals surface area contributed by atoms with E-state index in [1.807, 2.05) is 35.2 Å². The highest BCUT2D eigenvalue weighted by molar-refractivity contribution is 5.96. The van der Waals surface area contributed by atoms with Crippen molar-refractivity contribution >= 4 is 23.0 Å². The lowest BCUT2D eigenvalue weighted by atomic mass is 10.1. The molecular weight excluding hydrogens is 238 g/mol. The average Bonchev–Trinajstić information content (AvgIpc) is 2.72. The number of rotatable bonds is 3. The fourth-order valence-corrected chi connectivity index (χ4v) is 2.36. The zero-order valence-electron chi connectivity index (χ0n) is 11.1. The van der Waals surface area contributed by atoms with Crippen LogP contribution in [0.5, 0.6) is 0 Å². The summed E-state index contributed by atoms with van der Waals surface area (Å²) in [4.78, 5) is 13.7. The molecule has 0 atom stereocenters. The Labute approximate surface area is 112 Å². The maximum Gasteiger partial charge on any atom is 0.246 e. The van der Waals surface area contributed by atoms with Gasteiger partial charge in [0.2, 0.25) is 5.91 Å². The summed E-state index contributed by atoms with van der Waals surface area (Å²) < 4.78 is 5.81. The molecule has 1 aliphatic heterocycles. The summed E-state index contributed by atoms with van der Waals surface area (Å²) in [5.74, 6) is 1.03. The molecule has 2 aromatic rings. The number of nitrogens with zero attached hydrogens (tertiary/aromatic N) is 1. The Kier molecular flexibility index (Phi) is 3.11. The second-order valence-corrected chi connectivity index (χ2v) is 4.80. The van der Waals surface area contributed by atoms with E-state index < -0.39 is 0 Å². The molecule has 0 aliphatic carbocycles. The van der Waals surface area contributed by atoms with Crippen LogP contribution in [0.15, 0.2) is 34.8 Å². The van der Waals surface area contributed by atoms with E-state index in [0.29, 0.717) is 0 Å². The molecule has 0 saturated carbocycles. The molecule has 19 heavy (non-hydrogen) atoms. The van der Waals surface area contributed by atoms with Gasteiger partial charge in [0.25, 0.3) is 0 Å². The van der Waals surface area contributed by atoms with Gasteiger partial charge in [-0.3, -0.25) is 4.79 Å². The zero-order chi connectivity index (χ0) is 13.2. The summed E-state index contributed by atoms with van der Waals surface area (Å²) in [6.07, 6.45) is 5.50. The van der Waals surface area contributed by atoms with Crippen molar-refractivity contribution in [1.29, 1.82) is 0 Å². The third-order valence-corrected chi connectivity index (χ3v) is 3.59. The SMILES string of the molecule is CCc1oc2ccccc2c1/C=C/C(=O)N1CCC1. The third-order valence-electron chi connectivity index (χ3n) is 3.59. The van der Waals surface area contributed by atoms with Crippen LogP contribution < -0.4 is 0 Å². The summed E-state index contributed by atoms with van der Waals surface area (Å²) >= 11 is 0. The van der Waals surface area contributed by atoms with Crippen LogP contribution in [0.4, 0.5) is 0 Å². The van der Waals surface area contributed by atoms with Gasteiger partial charge < -0.3 is 9.32 Å². The maximum absolute atomic E-state index is 11.9. The van der Waals surface area contributed by atoms with Gasteiger partial charge in [-0.2, -0.15) is 0 Å².